The van der Waals surface area contributed by atoms with Crippen molar-refractivity contribution >= 4 is 26.4 Å². The first-order chi connectivity index (χ1) is 8.19. The first-order valence-electron chi connectivity index (χ1n) is 5.48. The Kier molecular flexibility index (Phi) is 4.47. The molecular weight excluding hydrogens is 235 g/mol. The molecule has 0 saturated heterocycles. The minimum atomic E-state index is -0.265. The zero-order valence-corrected chi connectivity index (χ0v) is 11.2. The Morgan fingerprint density at radius 3 is 2.53 bits per heavy atom. The fourth-order valence-electron chi connectivity index (χ4n) is 1.62. The molecule has 1 aromatic carbocycles. The number of nitrogens with zero attached hydrogens (tertiary/aromatic N) is 1. The van der Waals surface area contributed by atoms with Gasteiger partial charge in [-0.05, 0) is 18.6 Å². The summed E-state index contributed by atoms with van der Waals surface area (Å²) >= 11 is 1.28. The molecule has 0 amide bonds. The molecule has 2 rings (SSSR count). The normalized spacial score (nSPS) is 9.41. The van der Waals surface area contributed by atoms with Crippen LogP contribution in [0.5, 0.6) is 0 Å². The van der Waals surface area contributed by atoms with Crippen molar-refractivity contribution in [3.8, 4) is 6.07 Å². The van der Waals surface area contributed by atoms with Crippen LogP contribution in [0.25, 0.3) is 10.1 Å². The van der Waals surface area contributed by atoms with E-state index in [0.29, 0.717) is 10.3 Å². The Morgan fingerprint density at radius 1 is 1.35 bits per heavy atom. The van der Waals surface area contributed by atoms with Crippen molar-refractivity contribution in [2.75, 3.05) is 12.4 Å². The third kappa shape index (κ3) is 2.25. The van der Waals surface area contributed by atoms with Crippen molar-refractivity contribution in [1.82, 2.24) is 0 Å². The third-order valence-electron chi connectivity index (χ3n) is 2.34. The standard InChI is InChI=1S/C11H9FN2S.C2H6/c1-6-3-4-8(12)10-9(6)7(5-13)11(14-2)15-10;1-2/h3-4,14H,1-2H3;1-2H3. The molecule has 0 saturated carbocycles. The summed E-state index contributed by atoms with van der Waals surface area (Å²) in [7, 11) is 1.73. The average molecular weight is 250 g/mol. The second-order valence-corrected chi connectivity index (χ2v) is 4.26. The predicted octanol–water partition coefficient (Wildman–Crippen LogP) is 4.29. The number of halogens is 1. The van der Waals surface area contributed by atoms with Gasteiger partial charge in [-0.25, -0.2) is 4.39 Å². The molecule has 90 valence electrons. The lowest BCUT2D eigenvalue weighted by molar-refractivity contribution is 0.641. The summed E-state index contributed by atoms with van der Waals surface area (Å²) in [6.07, 6.45) is 0. The van der Waals surface area contributed by atoms with E-state index in [-0.39, 0.29) is 5.82 Å². The fraction of sp³-hybridized carbons (Fsp3) is 0.308. The monoisotopic (exact) mass is 250 g/mol. The average Bonchev–Trinajstić information content (AvgIpc) is 2.76. The second kappa shape index (κ2) is 5.65. The molecule has 17 heavy (non-hydrogen) atoms. The lowest BCUT2D eigenvalue weighted by atomic mass is 10.1. The molecule has 1 aromatic heterocycles. The van der Waals surface area contributed by atoms with Gasteiger partial charge in [0.15, 0.2) is 0 Å². The van der Waals surface area contributed by atoms with Crippen LogP contribution in [-0.2, 0) is 0 Å². The molecule has 0 radical (unpaired) electrons. The highest BCUT2D eigenvalue weighted by Gasteiger charge is 2.15. The van der Waals surface area contributed by atoms with Crippen molar-refractivity contribution in [2.45, 2.75) is 20.8 Å². The molecule has 4 heteroatoms. The largest absolute Gasteiger partial charge is 0.379 e. The van der Waals surface area contributed by atoms with Crippen LogP contribution >= 0.6 is 11.3 Å². The van der Waals surface area contributed by atoms with Gasteiger partial charge in [0.25, 0.3) is 0 Å². The summed E-state index contributed by atoms with van der Waals surface area (Å²) in [4.78, 5) is 0. The quantitative estimate of drug-likeness (QED) is 0.819. The number of aryl methyl sites for hydroxylation is 1. The van der Waals surface area contributed by atoms with E-state index in [0.717, 1.165) is 16.0 Å². The van der Waals surface area contributed by atoms with Crippen molar-refractivity contribution in [2.24, 2.45) is 0 Å². The number of nitriles is 1. The lowest BCUT2D eigenvalue weighted by Crippen LogP contribution is -1.87. The maximum atomic E-state index is 13.5. The molecule has 0 unspecified atom stereocenters. The lowest BCUT2D eigenvalue weighted by Gasteiger charge is -1.97. The van der Waals surface area contributed by atoms with E-state index < -0.39 is 0 Å². The van der Waals surface area contributed by atoms with Crippen molar-refractivity contribution in [1.29, 1.82) is 5.26 Å². The number of hydrogen-bond donors (Lipinski definition) is 1. The molecule has 0 aliphatic rings. The van der Waals surface area contributed by atoms with Gasteiger partial charge < -0.3 is 5.32 Å². The molecule has 0 atom stereocenters. The highest BCUT2D eigenvalue weighted by atomic mass is 32.1. The Hall–Kier alpha value is -1.60. The van der Waals surface area contributed by atoms with Gasteiger partial charge in [0.2, 0.25) is 0 Å². The number of nitrogens with one attached hydrogen (secondary N) is 1. The van der Waals surface area contributed by atoms with Gasteiger partial charge in [0.05, 0.1) is 10.3 Å². The van der Waals surface area contributed by atoms with Gasteiger partial charge in [-0.15, -0.1) is 11.3 Å². The van der Waals surface area contributed by atoms with E-state index in [1.54, 1.807) is 13.1 Å². The van der Waals surface area contributed by atoms with Crippen LogP contribution in [0.15, 0.2) is 12.1 Å². The molecule has 1 N–H and O–H groups in total. The minimum absolute atomic E-state index is 0.265. The highest BCUT2D eigenvalue weighted by Crippen LogP contribution is 2.38. The van der Waals surface area contributed by atoms with Gasteiger partial charge in [0.1, 0.15) is 16.9 Å². The third-order valence-corrected chi connectivity index (χ3v) is 3.55. The number of benzene rings is 1. The molecule has 0 aliphatic heterocycles. The summed E-state index contributed by atoms with van der Waals surface area (Å²) in [5, 5.41) is 13.4. The van der Waals surface area contributed by atoms with Crippen LogP contribution < -0.4 is 5.32 Å². The van der Waals surface area contributed by atoms with Crippen molar-refractivity contribution in [3.05, 3.63) is 29.1 Å². The van der Waals surface area contributed by atoms with Crippen LogP contribution in [0.4, 0.5) is 9.39 Å². The molecule has 0 aliphatic carbocycles. The van der Waals surface area contributed by atoms with Gasteiger partial charge in [-0.3, -0.25) is 0 Å². The topological polar surface area (TPSA) is 35.8 Å². The predicted molar refractivity (Wildman–Crippen MR) is 72.1 cm³/mol. The second-order valence-electron chi connectivity index (χ2n) is 3.24. The molecule has 0 spiro atoms. The number of rotatable bonds is 1. The van der Waals surface area contributed by atoms with Gasteiger partial charge in [0, 0.05) is 12.4 Å². The first-order valence-corrected chi connectivity index (χ1v) is 6.30. The fourth-order valence-corrected chi connectivity index (χ4v) is 2.70. The maximum absolute atomic E-state index is 13.5. The van der Waals surface area contributed by atoms with Crippen molar-refractivity contribution in [3.63, 3.8) is 0 Å². The number of hydrogen-bond acceptors (Lipinski definition) is 3. The maximum Gasteiger partial charge on any atom is 0.141 e. The number of anilines is 1. The van der Waals surface area contributed by atoms with Crippen LogP contribution in [0.1, 0.15) is 25.0 Å². The van der Waals surface area contributed by atoms with E-state index in [9.17, 15) is 4.39 Å². The molecule has 1 heterocycles. The van der Waals surface area contributed by atoms with Gasteiger partial charge >= 0.3 is 0 Å². The smallest absolute Gasteiger partial charge is 0.141 e. The summed E-state index contributed by atoms with van der Waals surface area (Å²) in [5.74, 6) is -0.265. The first kappa shape index (κ1) is 13.5. The minimum Gasteiger partial charge on any atom is -0.379 e. The summed E-state index contributed by atoms with van der Waals surface area (Å²) < 4.78 is 14.1. The molecular formula is C13H15FN2S. The van der Waals surface area contributed by atoms with Crippen molar-refractivity contribution < 1.29 is 4.39 Å². The molecule has 0 bridgehead atoms. The van der Waals surface area contributed by atoms with E-state index >= 15 is 0 Å². The van der Waals surface area contributed by atoms with E-state index in [1.807, 2.05) is 20.8 Å². The van der Waals surface area contributed by atoms with Gasteiger partial charge in [-0.2, -0.15) is 5.26 Å². The Bertz CT molecular complexity index is 567. The van der Waals surface area contributed by atoms with Crippen LogP contribution in [-0.4, -0.2) is 7.05 Å². The van der Waals surface area contributed by atoms with Crippen LogP contribution in [0.3, 0.4) is 0 Å². The number of thiophene rings is 1. The summed E-state index contributed by atoms with van der Waals surface area (Å²) in [6, 6.07) is 5.26. The van der Waals surface area contributed by atoms with E-state index in [4.69, 9.17) is 5.26 Å². The molecule has 2 aromatic rings. The SMILES string of the molecule is CC.CNc1sc2c(F)ccc(C)c2c1C#N. The van der Waals surface area contributed by atoms with Crippen LogP contribution in [0.2, 0.25) is 0 Å². The summed E-state index contributed by atoms with van der Waals surface area (Å²) in [5.41, 5.74) is 1.47. The Labute approximate surface area is 105 Å². The van der Waals surface area contributed by atoms with E-state index in [1.165, 1.54) is 17.4 Å². The molecule has 2 nitrogen and oxygen atoms in total. The zero-order valence-electron chi connectivity index (χ0n) is 10.4. The van der Waals surface area contributed by atoms with Gasteiger partial charge in [-0.1, -0.05) is 19.9 Å². The summed E-state index contributed by atoms with van der Waals surface area (Å²) in [6.45, 7) is 5.88. The highest BCUT2D eigenvalue weighted by molar-refractivity contribution is 7.23. The molecule has 0 fully saturated rings. The van der Waals surface area contributed by atoms with Crippen LogP contribution in [0, 0.1) is 24.1 Å². The number of fused-ring (bicyclic) bond motifs is 1. The Balaban J connectivity index is 0.000000686. The van der Waals surface area contributed by atoms with E-state index in [2.05, 4.69) is 11.4 Å². The zero-order chi connectivity index (χ0) is 13.0. The Morgan fingerprint density at radius 2 is 2.00 bits per heavy atom.